The first-order chi connectivity index (χ1) is 6.87. The Bertz CT molecular complexity index is 502. The molecular weight excluding hydrogens is 216 g/mol. The lowest BCUT2D eigenvalue weighted by atomic mass is 9.99. The predicted octanol–water partition coefficient (Wildman–Crippen LogP) is 0.690. The van der Waals surface area contributed by atoms with Crippen molar-refractivity contribution in [2.75, 3.05) is 12.9 Å². The molecule has 1 aliphatic heterocycles. The van der Waals surface area contributed by atoms with E-state index >= 15 is 0 Å². The second kappa shape index (κ2) is 2.96. The van der Waals surface area contributed by atoms with Gasteiger partial charge in [0.25, 0.3) is 0 Å². The first-order valence-corrected chi connectivity index (χ1v) is 6.16. The highest BCUT2D eigenvalue weighted by Gasteiger charge is 2.42. The van der Waals surface area contributed by atoms with Crippen LogP contribution in [-0.2, 0) is 15.4 Å². The minimum absolute atomic E-state index is 0.173. The molecule has 1 aromatic carbocycles. The van der Waals surface area contributed by atoms with Gasteiger partial charge in [-0.2, -0.15) is 0 Å². The van der Waals surface area contributed by atoms with Crippen LogP contribution in [0.3, 0.4) is 0 Å². The van der Waals surface area contributed by atoms with Crippen LogP contribution in [0.2, 0.25) is 0 Å². The van der Waals surface area contributed by atoms with E-state index in [0.717, 1.165) is 0 Å². The normalized spacial score (nSPS) is 27.4. The lowest BCUT2D eigenvalue weighted by Crippen LogP contribution is -2.22. The molecule has 0 aromatic heterocycles. The third kappa shape index (κ3) is 1.52. The molecule has 2 rings (SSSR count). The van der Waals surface area contributed by atoms with Crippen molar-refractivity contribution in [1.82, 2.24) is 0 Å². The number of fused-ring (bicyclic) bond motifs is 1. The average molecular weight is 228 g/mol. The summed E-state index contributed by atoms with van der Waals surface area (Å²) in [6.07, 6.45) is 0. The van der Waals surface area contributed by atoms with E-state index in [1.807, 2.05) is 0 Å². The molecule has 0 aliphatic carbocycles. The fourth-order valence-electron chi connectivity index (χ4n) is 1.86. The highest BCUT2D eigenvalue weighted by molar-refractivity contribution is 7.91. The van der Waals surface area contributed by atoms with Crippen molar-refractivity contribution in [3.8, 4) is 5.75 Å². The van der Waals surface area contributed by atoms with E-state index in [2.05, 4.69) is 0 Å². The standard InChI is InChI=1S/C10H12O4S/c1-10(11)6-15(12,13)9-5-7(14-2)3-4-8(9)10/h3-5,11H,6H2,1-2H3. The zero-order valence-electron chi connectivity index (χ0n) is 8.52. The summed E-state index contributed by atoms with van der Waals surface area (Å²) in [5.41, 5.74) is -0.844. The molecule has 1 N–H and O–H groups in total. The largest absolute Gasteiger partial charge is 0.497 e. The smallest absolute Gasteiger partial charge is 0.182 e. The van der Waals surface area contributed by atoms with Gasteiger partial charge in [-0.15, -0.1) is 0 Å². The van der Waals surface area contributed by atoms with E-state index in [-0.39, 0.29) is 10.6 Å². The number of hydrogen-bond donors (Lipinski definition) is 1. The van der Waals surface area contributed by atoms with Crippen molar-refractivity contribution in [3.63, 3.8) is 0 Å². The maximum atomic E-state index is 11.7. The van der Waals surface area contributed by atoms with Crippen LogP contribution in [0.1, 0.15) is 12.5 Å². The summed E-state index contributed by atoms with van der Waals surface area (Å²) in [5.74, 6) is 0.220. The molecule has 82 valence electrons. The molecule has 0 saturated carbocycles. The highest BCUT2D eigenvalue weighted by Crippen LogP contribution is 2.39. The van der Waals surface area contributed by atoms with Crippen LogP contribution < -0.4 is 4.74 Å². The van der Waals surface area contributed by atoms with Crippen LogP contribution in [0, 0.1) is 0 Å². The maximum Gasteiger partial charge on any atom is 0.182 e. The molecule has 1 heterocycles. The fraction of sp³-hybridized carbons (Fsp3) is 0.400. The minimum atomic E-state index is -3.38. The Kier molecular flexibility index (Phi) is 2.06. The first kappa shape index (κ1) is 10.4. The van der Waals surface area contributed by atoms with Gasteiger partial charge in [0.1, 0.15) is 11.4 Å². The van der Waals surface area contributed by atoms with E-state index in [4.69, 9.17) is 4.74 Å². The third-order valence-electron chi connectivity index (χ3n) is 2.58. The zero-order valence-corrected chi connectivity index (χ0v) is 9.34. The van der Waals surface area contributed by atoms with E-state index in [1.54, 1.807) is 12.1 Å². The zero-order chi connectivity index (χ0) is 11.3. The lowest BCUT2D eigenvalue weighted by molar-refractivity contribution is 0.0842. The van der Waals surface area contributed by atoms with Crippen LogP contribution in [-0.4, -0.2) is 26.4 Å². The summed E-state index contributed by atoms with van der Waals surface area (Å²) < 4.78 is 28.4. The molecule has 5 heteroatoms. The van der Waals surface area contributed by atoms with Gasteiger partial charge in [0.2, 0.25) is 0 Å². The Labute approximate surface area is 88.4 Å². The van der Waals surface area contributed by atoms with E-state index < -0.39 is 15.4 Å². The second-order valence-electron chi connectivity index (χ2n) is 3.90. The summed E-state index contributed by atoms with van der Waals surface area (Å²) in [4.78, 5) is 0.173. The van der Waals surface area contributed by atoms with Crippen molar-refractivity contribution < 1.29 is 18.3 Å². The third-order valence-corrected chi connectivity index (χ3v) is 4.53. The number of aliphatic hydroxyl groups is 1. The summed E-state index contributed by atoms with van der Waals surface area (Å²) >= 11 is 0. The van der Waals surface area contributed by atoms with Gasteiger partial charge in [-0.1, -0.05) is 6.07 Å². The van der Waals surface area contributed by atoms with Crippen LogP contribution in [0.15, 0.2) is 23.1 Å². The highest BCUT2D eigenvalue weighted by atomic mass is 32.2. The molecule has 1 unspecified atom stereocenters. The predicted molar refractivity (Wildman–Crippen MR) is 54.6 cm³/mol. The van der Waals surface area contributed by atoms with Gasteiger partial charge in [0, 0.05) is 5.56 Å². The Balaban J connectivity index is 2.71. The number of ether oxygens (including phenoxy) is 1. The van der Waals surface area contributed by atoms with E-state index in [0.29, 0.717) is 11.3 Å². The molecule has 0 bridgehead atoms. The van der Waals surface area contributed by atoms with E-state index in [9.17, 15) is 13.5 Å². The van der Waals surface area contributed by atoms with Crippen LogP contribution in [0.25, 0.3) is 0 Å². The summed E-state index contributed by atoms with van der Waals surface area (Å²) in [7, 11) is -1.90. The number of benzene rings is 1. The van der Waals surface area contributed by atoms with Crippen LogP contribution in [0.5, 0.6) is 5.75 Å². The van der Waals surface area contributed by atoms with Crippen molar-refractivity contribution in [2.24, 2.45) is 0 Å². The van der Waals surface area contributed by atoms with Gasteiger partial charge in [0.15, 0.2) is 9.84 Å². The van der Waals surface area contributed by atoms with Gasteiger partial charge in [-0.25, -0.2) is 8.42 Å². The monoisotopic (exact) mass is 228 g/mol. The summed E-state index contributed by atoms with van der Waals surface area (Å²) in [5, 5.41) is 9.93. The molecule has 4 nitrogen and oxygen atoms in total. The number of hydrogen-bond acceptors (Lipinski definition) is 4. The van der Waals surface area contributed by atoms with Gasteiger partial charge in [-0.3, -0.25) is 0 Å². The topological polar surface area (TPSA) is 63.6 Å². The fourth-order valence-corrected chi connectivity index (χ4v) is 3.83. The number of rotatable bonds is 1. The molecule has 1 aromatic rings. The molecule has 1 aliphatic rings. The van der Waals surface area contributed by atoms with Crippen LogP contribution in [0.4, 0.5) is 0 Å². The Morgan fingerprint density at radius 2 is 2.13 bits per heavy atom. The number of sulfone groups is 1. The van der Waals surface area contributed by atoms with Gasteiger partial charge in [0.05, 0.1) is 17.8 Å². The Hall–Kier alpha value is -1.07. The SMILES string of the molecule is COc1ccc2c(c1)S(=O)(=O)CC2(C)O. The minimum Gasteiger partial charge on any atom is -0.497 e. The van der Waals surface area contributed by atoms with Gasteiger partial charge >= 0.3 is 0 Å². The van der Waals surface area contributed by atoms with Gasteiger partial charge < -0.3 is 9.84 Å². The molecule has 15 heavy (non-hydrogen) atoms. The molecule has 0 amide bonds. The van der Waals surface area contributed by atoms with Crippen molar-refractivity contribution in [1.29, 1.82) is 0 Å². The van der Waals surface area contributed by atoms with E-state index in [1.165, 1.54) is 20.1 Å². The molecule has 0 spiro atoms. The van der Waals surface area contributed by atoms with Gasteiger partial charge in [-0.05, 0) is 19.1 Å². The second-order valence-corrected chi connectivity index (χ2v) is 5.85. The summed E-state index contributed by atoms with van der Waals surface area (Å²) in [6.45, 7) is 1.50. The molecule has 0 fully saturated rings. The Morgan fingerprint density at radius 1 is 1.47 bits per heavy atom. The molecule has 0 radical (unpaired) electrons. The maximum absolute atomic E-state index is 11.7. The van der Waals surface area contributed by atoms with Crippen LogP contribution >= 0.6 is 0 Å². The molecular formula is C10H12O4S. The molecule has 0 saturated heterocycles. The first-order valence-electron chi connectivity index (χ1n) is 4.50. The lowest BCUT2D eigenvalue weighted by Gasteiger charge is -2.15. The number of methoxy groups -OCH3 is 1. The Morgan fingerprint density at radius 3 is 2.73 bits per heavy atom. The summed E-state index contributed by atoms with van der Waals surface area (Å²) in [6, 6.07) is 4.69. The quantitative estimate of drug-likeness (QED) is 0.768. The van der Waals surface area contributed by atoms with Crippen molar-refractivity contribution >= 4 is 9.84 Å². The van der Waals surface area contributed by atoms with Crippen molar-refractivity contribution in [2.45, 2.75) is 17.4 Å². The molecule has 1 atom stereocenters. The van der Waals surface area contributed by atoms with Crippen molar-refractivity contribution in [3.05, 3.63) is 23.8 Å². The average Bonchev–Trinajstić information content (AvgIpc) is 2.32.